The molecule has 6 heteroatoms. The summed E-state index contributed by atoms with van der Waals surface area (Å²) in [5.74, 6) is -2.16. The first-order valence-electron chi connectivity index (χ1n) is 7.11. The first-order chi connectivity index (χ1) is 11.1. The SMILES string of the molecule is O=C1NCCn2c1cc1c(F)c(F)cc(-c3ccc(Cl)cc3)c12. The molecule has 2 aromatic carbocycles. The lowest BCUT2D eigenvalue weighted by molar-refractivity contribution is 0.0929. The summed E-state index contributed by atoms with van der Waals surface area (Å²) in [6.07, 6.45) is 0. The number of fused-ring (bicyclic) bond motifs is 3. The molecule has 0 spiro atoms. The smallest absolute Gasteiger partial charge is 0.268 e. The van der Waals surface area contributed by atoms with Crippen LogP contribution in [0, 0.1) is 11.6 Å². The van der Waals surface area contributed by atoms with Gasteiger partial charge in [0.25, 0.3) is 5.91 Å². The van der Waals surface area contributed by atoms with Gasteiger partial charge in [0.15, 0.2) is 11.6 Å². The molecule has 23 heavy (non-hydrogen) atoms. The van der Waals surface area contributed by atoms with Gasteiger partial charge in [-0.2, -0.15) is 0 Å². The van der Waals surface area contributed by atoms with Gasteiger partial charge >= 0.3 is 0 Å². The fraction of sp³-hybridized carbons (Fsp3) is 0.118. The summed E-state index contributed by atoms with van der Waals surface area (Å²) in [6, 6.07) is 9.45. The van der Waals surface area contributed by atoms with Crippen molar-refractivity contribution in [2.45, 2.75) is 6.54 Å². The lowest BCUT2D eigenvalue weighted by Gasteiger charge is -2.18. The Balaban J connectivity index is 2.09. The van der Waals surface area contributed by atoms with Crippen molar-refractivity contribution in [3.8, 4) is 11.1 Å². The molecule has 0 saturated heterocycles. The Bertz CT molecular complexity index is 948. The van der Waals surface area contributed by atoms with Crippen molar-refractivity contribution in [2.24, 2.45) is 0 Å². The third-order valence-corrected chi connectivity index (χ3v) is 4.33. The van der Waals surface area contributed by atoms with E-state index in [9.17, 15) is 13.6 Å². The van der Waals surface area contributed by atoms with Crippen LogP contribution in [0.2, 0.25) is 5.02 Å². The molecule has 1 aliphatic rings. The third-order valence-electron chi connectivity index (χ3n) is 4.08. The molecule has 1 aromatic heterocycles. The van der Waals surface area contributed by atoms with Crippen LogP contribution in [0.15, 0.2) is 36.4 Å². The third kappa shape index (κ3) is 2.11. The maximum atomic E-state index is 14.2. The van der Waals surface area contributed by atoms with E-state index < -0.39 is 11.6 Å². The largest absolute Gasteiger partial charge is 0.349 e. The van der Waals surface area contributed by atoms with Crippen LogP contribution in [0.5, 0.6) is 0 Å². The van der Waals surface area contributed by atoms with Gasteiger partial charge in [0.05, 0.1) is 5.52 Å². The Morgan fingerprint density at radius 3 is 2.61 bits per heavy atom. The molecule has 116 valence electrons. The van der Waals surface area contributed by atoms with E-state index in [4.69, 9.17) is 11.6 Å². The first-order valence-corrected chi connectivity index (χ1v) is 7.49. The van der Waals surface area contributed by atoms with E-state index in [1.54, 1.807) is 28.8 Å². The topological polar surface area (TPSA) is 34.0 Å². The number of hydrogen-bond acceptors (Lipinski definition) is 1. The Hall–Kier alpha value is -2.40. The van der Waals surface area contributed by atoms with Crippen LogP contribution in [0.1, 0.15) is 10.5 Å². The van der Waals surface area contributed by atoms with Crippen molar-refractivity contribution in [1.82, 2.24) is 9.88 Å². The monoisotopic (exact) mass is 332 g/mol. The summed E-state index contributed by atoms with van der Waals surface area (Å²) in [4.78, 5) is 12.0. The number of nitrogens with one attached hydrogen (secondary N) is 1. The number of rotatable bonds is 1. The van der Waals surface area contributed by atoms with Crippen molar-refractivity contribution in [3.63, 3.8) is 0 Å². The van der Waals surface area contributed by atoms with Crippen LogP contribution >= 0.6 is 11.6 Å². The van der Waals surface area contributed by atoms with Crippen molar-refractivity contribution in [3.05, 3.63) is 58.7 Å². The summed E-state index contributed by atoms with van der Waals surface area (Å²) >= 11 is 5.90. The van der Waals surface area contributed by atoms with Crippen molar-refractivity contribution >= 4 is 28.4 Å². The van der Waals surface area contributed by atoms with E-state index >= 15 is 0 Å². The second kappa shape index (κ2) is 5.06. The van der Waals surface area contributed by atoms with Gasteiger partial charge in [-0.15, -0.1) is 0 Å². The van der Waals surface area contributed by atoms with Crippen molar-refractivity contribution in [1.29, 1.82) is 0 Å². The normalized spacial score (nSPS) is 14.0. The van der Waals surface area contributed by atoms with Crippen LogP contribution in [-0.2, 0) is 6.54 Å². The maximum Gasteiger partial charge on any atom is 0.268 e. The van der Waals surface area contributed by atoms with Gasteiger partial charge in [-0.05, 0) is 29.8 Å². The van der Waals surface area contributed by atoms with Gasteiger partial charge in [-0.1, -0.05) is 23.7 Å². The van der Waals surface area contributed by atoms with Gasteiger partial charge in [0.1, 0.15) is 5.69 Å². The average Bonchev–Trinajstić information content (AvgIpc) is 2.93. The summed E-state index contributed by atoms with van der Waals surface area (Å²) in [5.41, 5.74) is 2.11. The van der Waals surface area contributed by atoms with Crippen LogP contribution in [0.3, 0.4) is 0 Å². The summed E-state index contributed by atoms with van der Waals surface area (Å²) < 4.78 is 30.0. The number of amides is 1. The maximum absolute atomic E-state index is 14.2. The van der Waals surface area contributed by atoms with E-state index in [-0.39, 0.29) is 11.3 Å². The molecule has 1 N–H and O–H groups in total. The highest BCUT2D eigenvalue weighted by Crippen LogP contribution is 2.35. The lowest BCUT2D eigenvalue weighted by Crippen LogP contribution is -2.34. The number of hydrogen-bond donors (Lipinski definition) is 1. The molecule has 0 saturated carbocycles. The first kappa shape index (κ1) is 14.2. The van der Waals surface area contributed by atoms with Gasteiger partial charge in [-0.3, -0.25) is 4.79 Å². The molecule has 1 amide bonds. The Labute approximate surface area is 135 Å². The van der Waals surface area contributed by atoms with E-state index in [2.05, 4.69) is 5.32 Å². The average molecular weight is 333 g/mol. The minimum absolute atomic E-state index is 0.113. The predicted molar refractivity (Wildman–Crippen MR) is 84.6 cm³/mol. The Morgan fingerprint density at radius 1 is 1.13 bits per heavy atom. The van der Waals surface area contributed by atoms with E-state index in [0.717, 1.165) is 0 Å². The standard InChI is InChI=1S/C17H11ClF2N2O/c18-10-3-1-9(2-4-10)11-7-13(19)15(20)12-8-14-17(23)21-5-6-22(14)16(11)12/h1-4,7-8H,5-6H2,(H,21,23). The fourth-order valence-electron chi connectivity index (χ4n) is 3.04. The molecule has 0 unspecified atom stereocenters. The molecule has 1 aliphatic heterocycles. The zero-order valence-electron chi connectivity index (χ0n) is 11.9. The van der Waals surface area contributed by atoms with Crippen molar-refractivity contribution < 1.29 is 13.6 Å². The molecular weight excluding hydrogens is 322 g/mol. The predicted octanol–water partition coefficient (Wildman–Crippen LogP) is 3.98. The number of nitrogens with zero attached hydrogens (tertiary/aromatic N) is 1. The molecule has 4 rings (SSSR count). The minimum atomic E-state index is -0.939. The summed E-state index contributed by atoms with van der Waals surface area (Å²) in [5, 5.41) is 3.38. The molecule has 0 bridgehead atoms. The summed E-state index contributed by atoms with van der Waals surface area (Å²) in [6.45, 7) is 0.963. The van der Waals surface area contributed by atoms with Crippen LogP contribution < -0.4 is 5.32 Å². The van der Waals surface area contributed by atoms with Gasteiger partial charge in [0.2, 0.25) is 0 Å². The molecule has 0 atom stereocenters. The van der Waals surface area contributed by atoms with Crippen LogP contribution in [0.25, 0.3) is 22.0 Å². The highest BCUT2D eigenvalue weighted by atomic mass is 35.5. The number of carbonyl (C=O) groups excluding carboxylic acids is 1. The molecule has 0 aliphatic carbocycles. The van der Waals surface area contributed by atoms with E-state index in [1.807, 2.05) is 0 Å². The highest BCUT2D eigenvalue weighted by molar-refractivity contribution is 6.30. The molecule has 2 heterocycles. The van der Waals surface area contributed by atoms with Crippen LogP contribution in [0.4, 0.5) is 8.78 Å². The molecule has 0 radical (unpaired) electrons. The minimum Gasteiger partial charge on any atom is -0.349 e. The number of benzene rings is 2. The molecule has 0 fully saturated rings. The van der Waals surface area contributed by atoms with Gasteiger partial charge in [0, 0.05) is 29.1 Å². The zero-order chi connectivity index (χ0) is 16.1. The fourth-order valence-corrected chi connectivity index (χ4v) is 3.16. The quantitative estimate of drug-likeness (QED) is 0.718. The zero-order valence-corrected chi connectivity index (χ0v) is 12.6. The summed E-state index contributed by atoms with van der Waals surface area (Å²) in [7, 11) is 0. The van der Waals surface area contributed by atoms with Crippen LogP contribution in [-0.4, -0.2) is 17.0 Å². The Kier molecular flexibility index (Phi) is 3.13. The molecular formula is C17H11ClF2N2O. The molecule has 3 nitrogen and oxygen atoms in total. The highest BCUT2D eigenvalue weighted by Gasteiger charge is 2.25. The number of carbonyl (C=O) groups is 1. The van der Waals surface area contributed by atoms with Gasteiger partial charge in [-0.25, -0.2) is 8.78 Å². The Morgan fingerprint density at radius 2 is 1.87 bits per heavy atom. The number of halogens is 3. The second-order valence-corrected chi connectivity index (χ2v) is 5.86. The van der Waals surface area contributed by atoms with E-state index in [1.165, 1.54) is 12.1 Å². The number of aromatic nitrogens is 1. The van der Waals surface area contributed by atoms with E-state index in [0.29, 0.717) is 40.4 Å². The van der Waals surface area contributed by atoms with Gasteiger partial charge < -0.3 is 9.88 Å². The molecule has 3 aromatic rings. The second-order valence-electron chi connectivity index (χ2n) is 5.43. The van der Waals surface area contributed by atoms with Crippen molar-refractivity contribution in [2.75, 3.05) is 6.54 Å². The lowest BCUT2D eigenvalue weighted by atomic mass is 10.0.